The number of benzene rings is 2. The van der Waals surface area contributed by atoms with Crippen molar-refractivity contribution in [3.63, 3.8) is 0 Å². The van der Waals surface area contributed by atoms with Crippen molar-refractivity contribution in [2.75, 3.05) is 24.3 Å². The first-order chi connectivity index (χ1) is 9.63. The van der Waals surface area contributed by atoms with Crippen LogP contribution in [0.15, 0.2) is 48.5 Å². The van der Waals surface area contributed by atoms with Gasteiger partial charge in [0, 0.05) is 20.6 Å². The molecule has 0 aliphatic rings. The van der Waals surface area contributed by atoms with E-state index in [0.29, 0.717) is 17.9 Å². The predicted octanol–water partition coefficient (Wildman–Crippen LogP) is 3.27. The fourth-order valence-electron chi connectivity index (χ4n) is 2.18. The molecule has 1 N–H and O–H groups in total. The number of nitro benzene ring substituents is 1. The van der Waals surface area contributed by atoms with Crippen LogP contribution in [-0.2, 0) is 6.54 Å². The normalized spacial score (nSPS) is 10.1. The van der Waals surface area contributed by atoms with Crippen LogP contribution in [0.3, 0.4) is 0 Å². The molecule has 5 heteroatoms. The van der Waals surface area contributed by atoms with E-state index in [1.165, 1.54) is 0 Å². The molecule has 2 aromatic carbocycles. The molecule has 2 rings (SSSR count). The Morgan fingerprint density at radius 3 is 2.45 bits per heavy atom. The second kappa shape index (κ2) is 6.06. The first-order valence-electron chi connectivity index (χ1n) is 6.33. The number of nitrogens with one attached hydrogen (secondary N) is 1. The van der Waals surface area contributed by atoms with Gasteiger partial charge in [0.25, 0.3) is 0 Å². The van der Waals surface area contributed by atoms with Gasteiger partial charge in [0.1, 0.15) is 11.4 Å². The highest BCUT2D eigenvalue weighted by atomic mass is 16.6. The van der Waals surface area contributed by atoms with Gasteiger partial charge < -0.3 is 10.2 Å². The van der Waals surface area contributed by atoms with Gasteiger partial charge in [0.15, 0.2) is 0 Å². The quantitative estimate of drug-likeness (QED) is 0.669. The van der Waals surface area contributed by atoms with E-state index < -0.39 is 0 Å². The number of nitro groups is 1. The zero-order valence-electron chi connectivity index (χ0n) is 11.5. The Balaban J connectivity index is 2.34. The molecule has 0 spiro atoms. The van der Waals surface area contributed by atoms with Gasteiger partial charge in [-0.25, -0.2) is 0 Å². The molecule has 0 atom stereocenters. The summed E-state index contributed by atoms with van der Waals surface area (Å²) in [7, 11) is 3.54. The van der Waals surface area contributed by atoms with E-state index >= 15 is 0 Å². The molecule has 0 aromatic heterocycles. The molecule has 0 amide bonds. The highest BCUT2D eigenvalue weighted by Crippen LogP contribution is 2.35. The number of rotatable bonds is 5. The topological polar surface area (TPSA) is 58.4 Å². The van der Waals surface area contributed by atoms with Crippen molar-refractivity contribution in [2.45, 2.75) is 6.54 Å². The van der Waals surface area contributed by atoms with Crippen LogP contribution in [0.5, 0.6) is 0 Å². The Morgan fingerprint density at radius 2 is 1.85 bits per heavy atom. The average Bonchev–Trinajstić information content (AvgIpc) is 2.47. The zero-order chi connectivity index (χ0) is 14.5. The maximum atomic E-state index is 11.3. The standard InChI is InChI=1S/C15H17N3O2/c1-16-13-9-6-10-14(15(13)18(19)20)17(2)11-12-7-4-3-5-8-12/h3-10,16H,11H2,1-2H3. The minimum absolute atomic E-state index is 0.105. The van der Waals surface area contributed by atoms with Gasteiger partial charge in [-0.2, -0.15) is 0 Å². The van der Waals surface area contributed by atoms with Crippen molar-refractivity contribution in [1.29, 1.82) is 0 Å². The van der Waals surface area contributed by atoms with Crippen LogP contribution in [-0.4, -0.2) is 19.0 Å². The summed E-state index contributed by atoms with van der Waals surface area (Å²) in [6, 6.07) is 15.2. The van der Waals surface area contributed by atoms with E-state index in [2.05, 4.69) is 5.32 Å². The summed E-state index contributed by atoms with van der Waals surface area (Å²) < 4.78 is 0. The van der Waals surface area contributed by atoms with Crippen molar-refractivity contribution < 1.29 is 4.92 Å². The molecule has 5 nitrogen and oxygen atoms in total. The van der Waals surface area contributed by atoms with Crippen molar-refractivity contribution in [2.24, 2.45) is 0 Å². The van der Waals surface area contributed by atoms with E-state index in [4.69, 9.17) is 0 Å². The number of para-hydroxylation sites is 1. The molecule has 0 aliphatic carbocycles. The second-order valence-corrected chi connectivity index (χ2v) is 4.52. The van der Waals surface area contributed by atoms with E-state index in [1.807, 2.05) is 48.3 Å². The highest BCUT2D eigenvalue weighted by Gasteiger charge is 2.21. The number of anilines is 2. The number of nitrogens with zero attached hydrogens (tertiary/aromatic N) is 2. The van der Waals surface area contributed by atoms with E-state index in [1.54, 1.807) is 19.2 Å². The third kappa shape index (κ3) is 2.88. The van der Waals surface area contributed by atoms with E-state index in [-0.39, 0.29) is 10.6 Å². The molecule has 104 valence electrons. The molecule has 0 bridgehead atoms. The Bertz CT molecular complexity index is 599. The van der Waals surface area contributed by atoms with Gasteiger partial charge in [-0.15, -0.1) is 0 Å². The fourth-order valence-corrected chi connectivity index (χ4v) is 2.18. The summed E-state index contributed by atoms with van der Waals surface area (Å²) in [5.74, 6) is 0. The van der Waals surface area contributed by atoms with Gasteiger partial charge in [-0.1, -0.05) is 36.4 Å². The SMILES string of the molecule is CNc1cccc(N(C)Cc2ccccc2)c1[N+](=O)[O-]. The summed E-state index contributed by atoms with van der Waals surface area (Å²) in [5, 5.41) is 14.2. The summed E-state index contributed by atoms with van der Waals surface area (Å²) in [6.45, 7) is 0.620. The fraction of sp³-hybridized carbons (Fsp3) is 0.200. The van der Waals surface area contributed by atoms with Crippen LogP contribution in [0.25, 0.3) is 0 Å². The lowest BCUT2D eigenvalue weighted by Crippen LogP contribution is -2.18. The smallest absolute Gasteiger partial charge is 0.315 e. The lowest BCUT2D eigenvalue weighted by atomic mass is 10.1. The minimum Gasteiger partial charge on any atom is -0.382 e. The largest absolute Gasteiger partial charge is 0.382 e. The van der Waals surface area contributed by atoms with Gasteiger partial charge in [-0.05, 0) is 17.7 Å². The zero-order valence-corrected chi connectivity index (χ0v) is 11.5. The second-order valence-electron chi connectivity index (χ2n) is 4.52. The molecule has 0 unspecified atom stereocenters. The van der Waals surface area contributed by atoms with Crippen LogP contribution in [0.1, 0.15) is 5.56 Å². The van der Waals surface area contributed by atoms with Gasteiger partial charge in [-0.3, -0.25) is 10.1 Å². The predicted molar refractivity (Wildman–Crippen MR) is 81.2 cm³/mol. The lowest BCUT2D eigenvalue weighted by molar-refractivity contribution is -0.383. The maximum Gasteiger partial charge on any atom is 0.315 e. The van der Waals surface area contributed by atoms with E-state index in [0.717, 1.165) is 5.56 Å². The third-order valence-corrected chi connectivity index (χ3v) is 3.14. The third-order valence-electron chi connectivity index (χ3n) is 3.14. The highest BCUT2D eigenvalue weighted by molar-refractivity contribution is 5.76. The molecule has 0 saturated heterocycles. The molecule has 0 fully saturated rings. The molecular formula is C15H17N3O2. The van der Waals surface area contributed by atoms with Crippen molar-refractivity contribution in [3.8, 4) is 0 Å². The summed E-state index contributed by atoms with van der Waals surface area (Å²) >= 11 is 0. The van der Waals surface area contributed by atoms with Crippen molar-refractivity contribution in [3.05, 3.63) is 64.2 Å². The molecule has 0 saturated carbocycles. The van der Waals surface area contributed by atoms with Crippen LogP contribution in [0.4, 0.5) is 17.1 Å². The molecule has 2 aromatic rings. The molecule has 0 aliphatic heterocycles. The average molecular weight is 271 g/mol. The Labute approximate surface area is 118 Å². The molecule has 0 heterocycles. The molecule has 0 radical (unpaired) electrons. The monoisotopic (exact) mass is 271 g/mol. The molecule has 20 heavy (non-hydrogen) atoms. The van der Waals surface area contributed by atoms with E-state index in [9.17, 15) is 10.1 Å². The van der Waals surface area contributed by atoms with Gasteiger partial charge >= 0.3 is 5.69 Å². The minimum atomic E-state index is -0.345. The Kier molecular flexibility index (Phi) is 4.20. The Hall–Kier alpha value is -2.56. The first kappa shape index (κ1) is 13.9. The van der Waals surface area contributed by atoms with Crippen LogP contribution in [0.2, 0.25) is 0 Å². The Morgan fingerprint density at radius 1 is 1.15 bits per heavy atom. The van der Waals surface area contributed by atoms with Crippen molar-refractivity contribution in [1.82, 2.24) is 0 Å². The lowest BCUT2D eigenvalue weighted by Gasteiger charge is -2.20. The summed E-state index contributed by atoms with van der Waals surface area (Å²) in [5.41, 5.74) is 2.34. The van der Waals surface area contributed by atoms with Crippen LogP contribution < -0.4 is 10.2 Å². The van der Waals surface area contributed by atoms with Crippen LogP contribution >= 0.6 is 0 Å². The van der Waals surface area contributed by atoms with Crippen LogP contribution in [0, 0.1) is 10.1 Å². The maximum absolute atomic E-state index is 11.3. The summed E-state index contributed by atoms with van der Waals surface area (Å²) in [4.78, 5) is 12.8. The van der Waals surface area contributed by atoms with Gasteiger partial charge in [0.05, 0.1) is 4.92 Å². The summed E-state index contributed by atoms with van der Waals surface area (Å²) in [6.07, 6.45) is 0. The van der Waals surface area contributed by atoms with Crippen molar-refractivity contribution >= 4 is 17.1 Å². The molecular weight excluding hydrogens is 254 g/mol. The van der Waals surface area contributed by atoms with Gasteiger partial charge in [0.2, 0.25) is 0 Å². The number of hydrogen-bond donors (Lipinski definition) is 1. The number of hydrogen-bond acceptors (Lipinski definition) is 4. The first-order valence-corrected chi connectivity index (χ1v) is 6.33.